The summed E-state index contributed by atoms with van der Waals surface area (Å²) in [5.41, 5.74) is 0.772. The van der Waals surface area contributed by atoms with Crippen LogP contribution in [0.2, 0.25) is 0 Å². The van der Waals surface area contributed by atoms with Gasteiger partial charge < -0.3 is 14.4 Å². The van der Waals surface area contributed by atoms with E-state index < -0.39 is 18.3 Å². The molecule has 2 heterocycles. The molecule has 5 nitrogen and oxygen atoms in total. The Balaban J connectivity index is 2.22. The monoisotopic (exact) mass is 250 g/mol. The van der Waals surface area contributed by atoms with E-state index in [1.54, 1.807) is 12.4 Å². The Bertz CT molecular complexity index is 424. The molecule has 1 fully saturated rings. The second kappa shape index (κ2) is 4.53. The molecule has 1 aliphatic rings. The molecule has 0 aromatic carbocycles. The number of H-pyrrole nitrogens is 1. The van der Waals surface area contributed by atoms with Gasteiger partial charge in [-0.3, -0.25) is 5.10 Å². The van der Waals surface area contributed by atoms with Crippen molar-refractivity contribution in [2.45, 2.75) is 38.9 Å². The fourth-order valence-electron chi connectivity index (χ4n) is 1.74. The molecule has 0 amide bonds. The van der Waals surface area contributed by atoms with Gasteiger partial charge in [-0.1, -0.05) is 6.08 Å². The van der Waals surface area contributed by atoms with E-state index in [0.717, 1.165) is 5.56 Å². The number of aromatic amines is 1. The maximum Gasteiger partial charge on any atom is 0.492 e. The summed E-state index contributed by atoms with van der Waals surface area (Å²) in [7, 11) is -0.519. The van der Waals surface area contributed by atoms with Crippen LogP contribution in [0.1, 0.15) is 33.3 Å². The summed E-state index contributed by atoms with van der Waals surface area (Å²) in [6.07, 6.45) is 5.26. The van der Waals surface area contributed by atoms with Crippen LogP contribution in [0.15, 0.2) is 17.9 Å². The molecule has 0 radical (unpaired) electrons. The second-order valence-electron chi connectivity index (χ2n) is 5.50. The third-order valence-electron chi connectivity index (χ3n) is 3.61. The number of aromatic nitrogens is 2. The van der Waals surface area contributed by atoms with Crippen LogP contribution in [0, 0.1) is 0 Å². The van der Waals surface area contributed by atoms with E-state index in [2.05, 4.69) is 10.2 Å². The smallest absolute Gasteiger partial charge is 0.400 e. The van der Waals surface area contributed by atoms with Gasteiger partial charge in [-0.05, 0) is 33.2 Å². The standard InChI is InChI=1S/C12H19BN2O3/c1-11(2)12(3,4)18-13(17-11)10(8-16)5-9-6-14-15-7-9/h5-7,16H,8H2,1-4H3,(H,14,15). The van der Waals surface area contributed by atoms with E-state index in [0.29, 0.717) is 5.47 Å². The molecule has 0 aliphatic carbocycles. The zero-order valence-electron chi connectivity index (χ0n) is 11.2. The first-order chi connectivity index (χ1) is 8.36. The van der Waals surface area contributed by atoms with Crippen LogP contribution in [0.3, 0.4) is 0 Å². The van der Waals surface area contributed by atoms with Crippen molar-refractivity contribution in [3.8, 4) is 0 Å². The SMILES string of the molecule is CC1(C)OB(C(=Cc2cn[nH]c2)CO)OC1(C)C. The second-order valence-corrected chi connectivity index (χ2v) is 5.50. The summed E-state index contributed by atoms with van der Waals surface area (Å²) in [5.74, 6) is 0. The Morgan fingerprint density at radius 2 is 2.00 bits per heavy atom. The van der Waals surface area contributed by atoms with E-state index in [4.69, 9.17) is 9.31 Å². The summed E-state index contributed by atoms with van der Waals surface area (Å²) < 4.78 is 11.8. The van der Waals surface area contributed by atoms with Crippen molar-refractivity contribution >= 4 is 13.2 Å². The molecule has 0 bridgehead atoms. The molecular formula is C12H19BN2O3. The quantitative estimate of drug-likeness (QED) is 0.796. The minimum atomic E-state index is -0.519. The lowest BCUT2D eigenvalue weighted by Gasteiger charge is -2.32. The number of hydrogen-bond acceptors (Lipinski definition) is 4. The Morgan fingerprint density at radius 1 is 1.39 bits per heavy atom. The molecule has 1 saturated heterocycles. The van der Waals surface area contributed by atoms with Gasteiger partial charge in [-0.15, -0.1) is 0 Å². The molecule has 1 aromatic heterocycles. The minimum absolute atomic E-state index is 0.109. The van der Waals surface area contributed by atoms with Gasteiger partial charge in [0.15, 0.2) is 0 Å². The summed E-state index contributed by atoms with van der Waals surface area (Å²) in [4.78, 5) is 0. The predicted molar refractivity (Wildman–Crippen MR) is 69.7 cm³/mol. The molecule has 1 aliphatic heterocycles. The van der Waals surface area contributed by atoms with Gasteiger partial charge in [0.2, 0.25) is 0 Å². The third-order valence-corrected chi connectivity index (χ3v) is 3.61. The van der Waals surface area contributed by atoms with Crippen LogP contribution >= 0.6 is 0 Å². The fourth-order valence-corrected chi connectivity index (χ4v) is 1.74. The fraction of sp³-hybridized carbons (Fsp3) is 0.583. The Kier molecular flexibility index (Phi) is 3.36. The summed E-state index contributed by atoms with van der Waals surface area (Å²) in [6, 6.07) is 0. The minimum Gasteiger partial charge on any atom is -0.400 e. The van der Waals surface area contributed by atoms with E-state index in [-0.39, 0.29) is 6.61 Å². The van der Waals surface area contributed by atoms with Gasteiger partial charge in [-0.25, -0.2) is 0 Å². The zero-order valence-corrected chi connectivity index (χ0v) is 11.2. The normalized spacial score (nSPS) is 22.5. The summed E-state index contributed by atoms with van der Waals surface area (Å²) in [5, 5.41) is 16.1. The van der Waals surface area contributed by atoms with E-state index in [1.165, 1.54) is 0 Å². The number of hydrogen-bond donors (Lipinski definition) is 2. The van der Waals surface area contributed by atoms with E-state index in [9.17, 15) is 5.11 Å². The average Bonchev–Trinajstić information content (AvgIpc) is 2.82. The first-order valence-electron chi connectivity index (χ1n) is 6.01. The molecule has 0 spiro atoms. The topological polar surface area (TPSA) is 67.4 Å². The molecular weight excluding hydrogens is 231 g/mol. The molecule has 2 N–H and O–H groups in total. The van der Waals surface area contributed by atoms with Crippen molar-refractivity contribution in [1.82, 2.24) is 10.2 Å². The number of aliphatic hydroxyl groups is 1. The molecule has 98 valence electrons. The van der Waals surface area contributed by atoms with Crippen molar-refractivity contribution < 1.29 is 14.4 Å². The average molecular weight is 250 g/mol. The lowest BCUT2D eigenvalue weighted by atomic mass is 9.78. The highest BCUT2D eigenvalue weighted by Gasteiger charge is 2.52. The number of rotatable bonds is 3. The number of aliphatic hydroxyl groups excluding tert-OH is 1. The van der Waals surface area contributed by atoms with Crippen molar-refractivity contribution in [3.63, 3.8) is 0 Å². The Labute approximate surface area is 107 Å². The van der Waals surface area contributed by atoms with Crippen LogP contribution < -0.4 is 0 Å². The van der Waals surface area contributed by atoms with Gasteiger partial charge in [0.25, 0.3) is 0 Å². The Morgan fingerprint density at radius 3 is 2.44 bits per heavy atom. The molecule has 18 heavy (non-hydrogen) atoms. The molecule has 2 rings (SSSR count). The highest BCUT2D eigenvalue weighted by molar-refractivity contribution is 6.55. The highest BCUT2D eigenvalue weighted by Crippen LogP contribution is 2.38. The molecule has 6 heteroatoms. The Hall–Kier alpha value is -1.11. The zero-order chi connectivity index (χ0) is 13.4. The number of nitrogens with zero attached hydrogens (tertiary/aromatic N) is 1. The lowest BCUT2D eigenvalue weighted by Crippen LogP contribution is -2.41. The summed E-state index contributed by atoms with van der Waals surface area (Å²) >= 11 is 0. The van der Waals surface area contributed by atoms with Crippen molar-refractivity contribution in [1.29, 1.82) is 0 Å². The van der Waals surface area contributed by atoms with Crippen molar-refractivity contribution in [2.24, 2.45) is 0 Å². The lowest BCUT2D eigenvalue weighted by molar-refractivity contribution is 0.00578. The van der Waals surface area contributed by atoms with Gasteiger partial charge in [0, 0.05) is 11.8 Å². The number of nitrogens with one attached hydrogen (secondary N) is 1. The molecule has 1 aromatic rings. The maximum absolute atomic E-state index is 9.47. The van der Waals surface area contributed by atoms with Gasteiger partial charge in [0.1, 0.15) is 0 Å². The predicted octanol–water partition coefficient (Wildman–Crippen LogP) is 1.42. The van der Waals surface area contributed by atoms with Crippen LogP contribution in [0.25, 0.3) is 6.08 Å². The molecule has 0 atom stereocenters. The maximum atomic E-state index is 9.47. The van der Waals surface area contributed by atoms with Crippen molar-refractivity contribution in [2.75, 3.05) is 6.61 Å². The highest BCUT2D eigenvalue weighted by atomic mass is 16.7. The first kappa shape index (κ1) is 13.3. The van der Waals surface area contributed by atoms with Crippen LogP contribution in [0.5, 0.6) is 0 Å². The first-order valence-corrected chi connectivity index (χ1v) is 6.01. The van der Waals surface area contributed by atoms with Gasteiger partial charge >= 0.3 is 7.12 Å². The van der Waals surface area contributed by atoms with Crippen LogP contribution in [-0.2, 0) is 9.31 Å². The van der Waals surface area contributed by atoms with Crippen molar-refractivity contribution in [3.05, 3.63) is 23.4 Å². The largest absolute Gasteiger partial charge is 0.492 e. The van der Waals surface area contributed by atoms with Crippen LogP contribution in [0.4, 0.5) is 0 Å². The molecule has 0 unspecified atom stereocenters. The van der Waals surface area contributed by atoms with E-state index >= 15 is 0 Å². The molecule has 0 saturated carbocycles. The van der Waals surface area contributed by atoms with E-state index in [1.807, 2.05) is 33.8 Å². The summed E-state index contributed by atoms with van der Waals surface area (Å²) in [6.45, 7) is 7.83. The van der Waals surface area contributed by atoms with Gasteiger partial charge in [-0.2, -0.15) is 5.10 Å². The van der Waals surface area contributed by atoms with Crippen LogP contribution in [-0.4, -0.2) is 40.2 Å². The van der Waals surface area contributed by atoms with Gasteiger partial charge in [0.05, 0.1) is 24.0 Å². The third kappa shape index (κ3) is 2.36.